The molecule has 6 nitrogen and oxygen atoms in total. The van der Waals surface area contributed by atoms with E-state index >= 15 is 0 Å². The third-order valence-electron chi connectivity index (χ3n) is 1.97. The van der Waals surface area contributed by atoms with E-state index in [1.54, 1.807) is 0 Å². The van der Waals surface area contributed by atoms with Crippen LogP contribution in [-0.2, 0) is 4.79 Å². The van der Waals surface area contributed by atoms with Crippen molar-refractivity contribution < 1.29 is 14.5 Å². The van der Waals surface area contributed by atoms with Crippen LogP contribution in [0.15, 0.2) is 12.1 Å². The maximum absolute atomic E-state index is 11.3. The first-order valence-corrected chi connectivity index (χ1v) is 4.97. The fraction of sp³-hybridized carbons (Fsp3) is 0.200. The van der Waals surface area contributed by atoms with Gasteiger partial charge in [0, 0.05) is 13.0 Å². The summed E-state index contributed by atoms with van der Waals surface area (Å²) in [6.07, 6.45) is 0. The highest BCUT2D eigenvalue weighted by atomic mass is 35.5. The summed E-state index contributed by atoms with van der Waals surface area (Å²) >= 11 is 5.76. The molecule has 0 atom stereocenters. The second-order valence-corrected chi connectivity index (χ2v) is 3.75. The first kappa shape index (κ1) is 13.1. The topological polar surface area (TPSA) is 89.3 Å². The van der Waals surface area contributed by atoms with Crippen molar-refractivity contribution in [3.05, 3.63) is 32.8 Å². The molecule has 1 aromatic carbocycles. The van der Waals surface area contributed by atoms with Crippen molar-refractivity contribution in [3.63, 3.8) is 0 Å². The van der Waals surface area contributed by atoms with E-state index in [1.165, 1.54) is 19.9 Å². The molecule has 0 fully saturated rings. The van der Waals surface area contributed by atoms with Crippen LogP contribution in [0, 0.1) is 10.1 Å². The molecule has 0 saturated heterocycles. The van der Waals surface area contributed by atoms with Gasteiger partial charge in [0.1, 0.15) is 0 Å². The minimum absolute atomic E-state index is 0.0110. The van der Waals surface area contributed by atoms with E-state index in [4.69, 9.17) is 11.6 Å². The zero-order valence-corrected chi connectivity index (χ0v) is 9.87. The summed E-state index contributed by atoms with van der Waals surface area (Å²) in [5, 5.41) is 13.1. The number of amides is 1. The number of halogens is 1. The van der Waals surface area contributed by atoms with E-state index in [2.05, 4.69) is 5.32 Å². The Kier molecular flexibility index (Phi) is 3.80. The number of anilines is 1. The molecule has 0 aliphatic carbocycles. The number of carbonyl (C=O) groups is 2. The zero-order valence-electron chi connectivity index (χ0n) is 9.11. The SMILES string of the molecule is CC(=O)Nc1cc(C(C)=O)c([N+](=O)[O-])cc1Cl. The molecule has 0 spiro atoms. The lowest BCUT2D eigenvalue weighted by molar-refractivity contribution is -0.385. The summed E-state index contributed by atoms with van der Waals surface area (Å²) in [6, 6.07) is 2.24. The molecule has 17 heavy (non-hydrogen) atoms. The minimum atomic E-state index is -0.694. The molecule has 0 aromatic heterocycles. The minimum Gasteiger partial charge on any atom is -0.325 e. The van der Waals surface area contributed by atoms with Gasteiger partial charge in [-0.1, -0.05) is 11.6 Å². The lowest BCUT2D eigenvalue weighted by Gasteiger charge is -2.07. The molecule has 1 amide bonds. The summed E-state index contributed by atoms with van der Waals surface area (Å²) < 4.78 is 0. The second kappa shape index (κ2) is 4.92. The molecule has 1 aromatic rings. The van der Waals surface area contributed by atoms with E-state index < -0.39 is 10.7 Å². The summed E-state index contributed by atoms with van der Waals surface area (Å²) in [5.41, 5.74) is -0.297. The molecule has 1 rings (SSSR count). The Morgan fingerprint density at radius 1 is 1.35 bits per heavy atom. The van der Waals surface area contributed by atoms with Crippen molar-refractivity contribution in [2.24, 2.45) is 0 Å². The summed E-state index contributed by atoms with van der Waals surface area (Å²) in [5.74, 6) is -0.852. The fourth-order valence-corrected chi connectivity index (χ4v) is 1.49. The molecule has 7 heteroatoms. The number of hydrogen-bond acceptors (Lipinski definition) is 4. The van der Waals surface area contributed by atoms with Gasteiger partial charge >= 0.3 is 0 Å². The molecule has 1 N–H and O–H groups in total. The van der Waals surface area contributed by atoms with Crippen molar-refractivity contribution in [2.75, 3.05) is 5.32 Å². The number of benzene rings is 1. The first-order chi connectivity index (χ1) is 7.82. The van der Waals surface area contributed by atoms with Crippen LogP contribution >= 0.6 is 11.6 Å². The zero-order chi connectivity index (χ0) is 13.2. The Morgan fingerprint density at radius 3 is 2.35 bits per heavy atom. The highest BCUT2D eigenvalue weighted by Crippen LogP contribution is 2.31. The van der Waals surface area contributed by atoms with E-state index in [1.807, 2.05) is 0 Å². The lowest BCUT2D eigenvalue weighted by atomic mass is 10.1. The van der Waals surface area contributed by atoms with Crippen molar-refractivity contribution in [1.82, 2.24) is 0 Å². The van der Waals surface area contributed by atoms with Gasteiger partial charge in [-0.25, -0.2) is 0 Å². The number of nitrogens with one attached hydrogen (secondary N) is 1. The number of carbonyl (C=O) groups excluding carboxylic acids is 2. The van der Waals surface area contributed by atoms with Gasteiger partial charge in [0.25, 0.3) is 5.69 Å². The molecular formula is C10H9ClN2O4. The number of rotatable bonds is 3. The van der Waals surface area contributed by atoms with Gasteiger partial charge in [-0.15, -0.1) is 0 Å². The molecule has 0 aliphatic rings. The van der Waals surface area contributed by atoms with E-state index in [9.17, 15) is 19.7 Å². The van der Waals surface area contributed by atoms with Crippen LogP contribution in [0.3, 0.4) is 0 Å². The van der Waals surface area contributed by atoms with Crippen LogP contribution < -0.4 is 5.32 Å². The van der Waals surface area contributed by atoms with Crippen molar-refractivity contribution in [2.45, 2.75) is 13.8 Å². The van der Waals surface area contributed by atoms with Crippen molar-refractivity contribution in [3.8, 4) is 0 Å². The molecule has 0 bridgehead atoms. The number of nitro benzene ring substituents is 1. The Balaban J connectivity index is 3.39. The number of nitro groups is 1. The Hall–Kier alpha value is -1.95. The second-order valence-electron chi connectivity index (χ2n) is 3.34. The quantitative estimate of drug-likeness (QED) is 0.511. The highest BCUT2D eigenvalue weighted by molar-refractivity contribution is 6.34. The Bertz CT molecular complexity index is 513. The maximum atomic E-state index is 11.3. The molecule has 0 saturated carbocycles. The normalized spacial score (nSPS) is 9.82. The Labute approximate surface area is 102 Å². The predicted octanol–water partition coefficient (Wildman–Crippen LogP) is 2.41. The van der Waals surface area contributed by atoms with E-state index in [0.717, 1.165) is 6.07 Å². The van der Waals surface area contributed by atoms with Crippen LogP contribution in [-0.4, -0.2) is 16.6 Å². The van der Waals surface area contributed by atoms with Gasteiger partial charge in [0.15, 0.2) is 5.78 Å². The van der Waals surface area contributed by atoms with Gasteiger partial charge < -0.3 is 5.32 Å². The largest absolute Gasteiger partial charge is 0.325 e. The van der Waals surface area contributed by atoms with Crippen LogP contribution in [0.4, 0.5) is 11.4 Å². The van der Waals surface area contributed by atoms with Crippen molar-refractivity contribution in [1.29, 1.82) is 0 Å². The van der Waals surface area contributed by atoms with Gasteiger partial charge in [-0.05, 0) is 13.0 Å². The summed E-state index contributed by atoms with van der Waals surface area (Å²) in [7, 11) is 0. The van der Waals surface area contributed by atoms with Gasteiger partial charge in [-0.3, -0.25) is 19.7 Å². The fourth-order valence-electron chi connectivity index (χ4n) is 1.28. The molecular weight excluding hydrogens is 248 g/mol. The maximum Gasteiger partial charge on any atom is 0.281 e. The van der Waals surface area contributed by atoms with Crippen LogP contribution in [0.2, 0.25) is 5.02 Å². The van der Waals surface area contributed by atoms with Crippen LogP contribution in [0.1, 0.15) is 24.2 Å². The molecule has 0 aliphatic heterocycles. The highest BCUT2D eigenvalue weighted by Gasteiger charge is 2.20. The first-order valence-electron chi connectivity index (χ1n) is 4.59. The smallest absolute Gasteiger partial charge is 0.281 e. The van der Waals surface area contributed by atoms with E-state index in [-0.39, 0.29) is 27.9 Å². The summed E-state index contributed by atoms with van der Waals surface area (Å²) in [6.45, 7) is 2.47. The molecule has 90 valence electrons. The third-order valence-corrected chi connectivity index (χ3v) is 2.28. The molecule has 0 radical (unpaired) electrons. The van der Waals surface area contributed by atoms with E-state index in [0.29, 0.717) is 0 Å². The third kappa shape index (κ3) is 3.01. The summed E-state index contributed by atoms with van der Waals surface area (Å²) in [4.78, 5) is 32.2. The number of ketones is 1. The average Bonchev–Trinajstić information content (AvgIpc) is 2.19. The number of Topliss-reactive ketones (excluding diaryl/α,β-unsaturated/α-hetero) is 1. The Morgan fingerprint density at radius 2 is 1.94 bits per heavy atom. The van der Waals surface area contributed by atoms with Crippen molar-refractivity contribution >= 4 is 34.7 Å². The lowest BCUT2D eigenvalue weighted by Crippen LogP contribution is -2.08. The number of hydrogen-bond donors (Lipinski definition) is 1. The monoisotopic (exact) mass is 256 g/mol. The van der Waals surface area contributed by atoms with Crippen LogP contribution in [0.25, 0.3) is 0 Å². The van der Waals surface area contributed by atoms with Gasteiger partial charge in [0.2, 0.25) is 5.91 Å². The number of nitrogens with zero attached hydrogens (tertiary/aromatic N) is 1. The predicted molar refractivity (Wildman–Crippen MR) is 62.4 cm³/mol. The standard InChI is InChI=1S/C10H9ClN2O4/c1-5(14)7-3-9(12-6(2)15)8(11)4-10(7)13(16)17/h3-4H,1-2H3,(H,12,15). The van der Waals surface area contributed by atoms with Crippen LogP contribution in [0.5, 0.6) is 0 Å². The molecule has 0 unspecified atom stereocenters. The van der Waals surface area contributed by atoms with Gasteiger partial charge in [0.05, 0.1) is 21.2 Å². The molecule has 0 heterocycles. The average molecular weight is 257 g/mol. The van der Waals surface area contributed by atoms with Gasteiger partial charge in [-0.2, -0.15) is 0 Å².